The largest absolute Gasteiger partial charge is 0.453 e. The molecule has 0 aliphatic rings. The number of halogens is 1. The van der Waals surface area contributed by atoms with E-state index in [0.717, 1.165) is 5.75 Å². The van der Waals surface area contributed by atoms with Crippen molar-refractivity contribution in [2.45, 2.75) is 0 Å². The molecular formula is C8H8ClO+. The van der Waals surface area contributed by atoms with E-state index in [4.69, 9.17) is 16.3 Å². The zero-order chi connectivity index (χ0) is 7.40. The van der Waals surface area contributed by atoms with Crippen molar-refractivity contribution in [1.29, 1.82) is 0 Å². The Balaban J connectivity index is 2.75. The van der Waals surface area contributed by atoms with Gasteiger partial charge < -0.3 is 4.74 Å². The van der Waals surface area contributed by atoms with Crippen molar-refractivity contribution in [1.82, 2.24) is 0 Å². The predicted molar refractivity (Wildman–Crippen MR) is 42.3 cm³/mol. The minimum absolute atomic E-state index is 0.431. The van der Waals surface area contributed by atoms with Gasteiger partial charge in [0.1, 0.15) is 12.7 Å². The van der Waals surface area contributed by atoms with Gasteiger partial charge in [-0.3, -0.25) is 0 Å². The fourth-order valence-electron chi connectivity index (χ4n) is 0.675. The third kappa shape index (κ3) is 1.85. The molecule has 0 amide bonds. The second-order valence-corrected chi connectivity index (χ2v) is 2.24. The lowest BCUT2D eigenvalue weighted by Gasteiger charge is -1.97. The van der Waals surface area contributed by atoms with E-state index < -0.39 is 0 Å². The maximum atomic E-state index is 5.68. The second kappa shape index (κ2) is 3.37. The topological polar surface area (TPSA) is 9.23 Å². The van der Waals surface area contributed by atoms with E-state index in [0.29, 0.717) is 11.6 Å². The van der Waals surface area contributed by atoms with Crippen LogP contribution < -0.4 is 4.74 Å². The Bertz CT molecular complexity index is 210. The molecule has 0 atom stereocenters. The van der Waals surface area contributed by atoms with E-state index in [1.165, 1.54) is 0 Å². The normalized spacial score (nSPS) is 9.30. The van der Waals surface area contributed by atoms with Crippen LogP contribution in [0.1, 0.15) is 0 Å². The highest BCUT2D eigenvalue weighted by molar-refractivity contribution is 6.30. The molecule has 1 nitrogen and oxygen atoms in total. The van der Waals surface area contributed by atoms with E-state index in [2.05, 4.69) is 6.92 Å². The van der Waals surface area contributed by atoms with Crippen LogP contribution in [0.4, 0.5) is 0 Å². The third-order valence-corrected chi connectivity index (χ3v) is 1.30. The van der Waals surface area contributed by atoms with Crippen LogP contribution in [-0.2, 0) is 0 Å². The fourth-order valence-corrected chi connectivity index (χ4v) is 0.855. The molecule has 0 bridgehead atoms. The van der Waals surface area contributed by atoms with Crippen LogP contribution in [0.3, 0.4) is 0 Å². The number of benzene rings is 1. The van der Waals surface area contributed by atoms with Gasteiger partial charge in [0.15, 0.2) is 0 Å². The van der Waals surface area contributed by atoms with E-state index in [1.807, 2.05) is 12.1 Å². The lowest BCUT2D eigenvalue weighted by atomic mass is 10.3. The molecule has 10 heavy (non-hydrogen) atoms. The molecule has 0 spiro atoms. The van der Waals surface area contributed by atoms with Crippen molar-refractivity contribution >= 4 is 11.6 Å². The Labute approximate surface area is 65.6 Å². The zero-order valence-corrected chi connectivity index (χ0v) is 6.27. The average Bonchev–Trinajstić information content (AvgIpc) is 1.88. The van der Waals surface area contributed by atoms with Crippen molar-refractivity contribution < 1.29 is 4.74 Å². The van der Waals surface area contributed by atoms with Gasteiger partial charge in [-0.2, -0.15) is 0 Å². The van der Waals surface area contributed by atoms with E-state index >= 15 is 0 Å². The van der Waals surface area contributed by atoms with Crippen molar-refractivity contribution in [3.05, 3.63) is 36.2 Å². The van der Waals surface area contributed by atoms with Crippen LogP contribution in [-0.4, -0.2) is 6.61 Å². The Kier molecular flexibility index (Phi) is 2.46. The van der Waals surface area contributed by atoms with Crippen molar-refractivity contribution in [3.63, 3.8) is 0 Å². The van der Waals surface area contributed by atoms with Crippen molar-refractivity contribution in [2.24, 2.45) is 0 Å². The quantitative estimate of drug-likeness (QED) is 0.597. The minimum atomic E-state index is 0.431. The predicted octanol–water partition coefficient (Wildman–Crippen LogP) is 2.55. The Morgan fingerprint density at radius 2 is 2.30 bits per heavy atom. The molecular weight excluding hydrogens is 148 g/mol. The number of hydrogen-bond donors (Lipinski definition) is 0. The van der Waals surface area contributed by atoms with Crippen LogP contribution in [0.15, 0.2) is 24.3 Å². The van der Waals surface area contributed by atoms with Crippen LogP contribution in [0.5, 0.6) is 5.75 Å². The minimum Gasteiger partial charge on any atom is -0.453 e. The molecule has 0 unspecified atom stereocenters. The number of ether oxygens (including phenoxy) is 1. The summed E-state index contributed by atoms with van der Waals surface area (Å²) in [6, 6.07) is 7.24. The van der Waals surface area contributed by atoms with Gasteiger partial charge in [0.25, 0.3) is 0 Å². The molecule has 2 heteroatoms. The zero-order valence-electron chi connectivity index (χ0n) is 5.51. The van der Waals surface area contributed by atoms with Gasteiger partial charge in [-0.05, 0) is 18.2 Å². The van der Waals surface area contributed by atoms with Gasteiger partial charge in [0, 0.05) is 5.02 Å². The summed E-state index contributed by atoms with van der Waals surface area (Å²) in [7, 11) is 0. The molecule has 0 aromatic heterocycles. The van der Waals surface area contributed by atoms with E-state index in [1.54, 1.807) is 12.1 Å². The smallest absolute Gasteiger partial charge is 0.224 e. The standard InChI is InChI=1S/C8H8ClO/c1-2-10-8-5-3-4-7(9)6-8/h3-6H,1-2H2/q+1. The van der Waals surface area contributed by atoms with Gasteiger partial charge in [0.2, 0.25) is 6.61 Å². The Morgan fingerprint density at radius 3 is 2.90 bits per heavy atom. The Hall–Kier alpha value is -0.820. The molecule has 0 N–H and O–H groups in total. The highest BCUT2D eigenvalue weighted by Gasteiger charge is 1.92. The summed E-state index contributed by atoms with van der Waals surface area (Å²) in [5, 5.41) is 0.686. The highest BCUT2D eigenvalue weighted by Crippen LogP contribution is 2.16. The van der Waals surface area contributed by atoms with Crippen LogP contribution >= 0.6 is 11.6 Å². The van der Waals surface area contributed by atoms with Gasteiger partial charge in [0.05, 0.1) is 0 Å². The molecule has 0 saturated heterocycles. The Morgan fingerprint density at radius 1 is 1.50 bits per heavy atom. The monoisotopic (exact) mass is 155 g/mol. The first-order chi connectivity index (χ1) is 4.83. The summed E-state index contributed by atoms with van der Waals surface area (Å²) in [5.74, 6) is 0.766. The van der Waals surface area contributed by atoms with E-state index in [9.17, 15) is 0 Å². The summed E-state index contributed by atoms with van der Waals surface area (Å²) in [6.45, 7) is 3.98. The fraction of sp³-hybridized carbons (Fsp3) is 0.125. The molecule has 0 saturated carbocycles. The maximum Gasteiger partial charge on any atom is 0.224 e. The highest BCUT2D eigenvalue weighted by atomic mass is 35.5. The molecule has 0 heterocycles. The first kappa shape index (κ1) is 7.29. The van der Waals surface area contributed by atoms with Gasteiger partial charge in [-0.15, -0.1) is 0 Å². The number of hydrogen-bond acceptors (Lipinski definition) is 1. The molecule has 0 aliphatic heterocycles. The van der Waals surface area contributed by atoms with Gasteiger partial charge in [-0.25, -0.2) is 0 Å². The SMILES string of the molecule is [CH2+]COc1cccc(Cl)c1. The van der Waals surface area contributed by atoms with Crippen LogP contribution in [0.2, 0.25) is 5.02 Å². The summed E-state index contributed by atoms with van der Waals surface area (Å²) in [6.07, 6.45) is 0. The van der Waals surface area contributed by atoms with Crippen molar-refractivity contribution in [3.8, 4) is 5.75 Å². The second-order valence-electron chi connectivity index (χ2n) is 1.81. The van der Waals surface area contributed by atoms with E-state index in [-0.39, 0.29) is 0 Å². The number of rotatable bonds is 2. The summed E-state index contributed by atoms with van der Waals surface area (Å²) in [4.78, 5) is 0. The summed E-state index contributed by atoms with van der Waals surface area (Å²) >= 11 is 5.68. The molecule has 0 radical (unpaired) electrons. The molecule has 0 fully saturated rings. The van der Waals surface area contributed by atoms with Gasteiger partial charge in [-0.1, -0.05) is 17.7 Å². The molecule has 1 aromatic rings. The lowest BCUT2D eigenvalue weighted by molar-refractivity contribution is 0.361. The molecule has 1 rings (SSSR count). The lowest BCUT2D eigenvalue weighted by Crippen LogP contribution is -1.90. The molecule has 1 aromatic carbocycles. The molecule has 0 aliphatic carbocycles. The summed E-state index contributed by atoms with van der Waals surface area (Å²) < 4.78 is 5.09. The molecule has 52 valence electrons. The first-order valence-electron chi connectivity index (χ1n) is 3.00. The average molecular weight is 156 g/mol. The maximum absolute atomic E-state index is 5.68. The summed E-state index contributed by atoms with van der Waals surface area (Å²) in [5.41, 5.74) is 0. The van der Waals surface area contributed by atoms with Gasteiger partial charge >= 0.3 is 0 Å². The van der Waals surface area contributed by atoms with Crippen LogP contribution in [0, 0.1) is 6.92 Å². The van der Waals surface area contributed by atoms with Crippen molar-refractivity contribution in [2.75, 3.05) is 6.61 Å². The third-order valence-electron chi connectivity index (χ3n) is 1.06. The van der Waals surface area contributed by atoms with Crippen LogP contribution in [0.25, 0.3) is 0 Å². The first-order valence-corrected chi connectivity index (χ1v) is 3.38.